The minimum Gasteiger partial charge on any atom is -0.336 e. The average molecular weight is 341 g/mol. The van der Waals surface area contributed by atoms with E-state index >= 15 is 0 Å². The molecule has 2 heterocycles. The van der Waals surface area contributed by atoms with Gasteiger partial charge in [0.1, 0.15) is 0 Å². The fourth-order valence-corrected chi connectivity index (χ4v) is 6.21. The van der Waals surface area contributed by atoms with Crippen molar-refractivity contribution < 1.29 is 13.2 Å². The van der Waals surface area contributed by atoms with Gasteiger partial charge in [0.2, 0.25) is 5.91 Å². The fraction of sp³-hybridized carbons (Fsp3) is 0.688. The van der Waals surface area contributed by atoms with Crippen LogP contribution in [0.1, 0.15) is 56.6 Å². The number of nitrogens with zero attached hydrogens (tertiary/aromatic N) is 1. The quantitative estimate of drug-likeness (QED) is 0.826. The number of likely N-dealkylation sites (tertiary alicyclic amines) is 1. The Kier molecular flexibility index (Phi) is 4.88. The van der Waals surface area contributed by atoms with Crippen LogP contribution in [0.25, 0.3) is 0 Å². The lowest BCUT2D eigenvalue weighted by molar-refractivity contribution is -0.131. The van der Waals surface area contributed by atoms with Crippen molar-refractivity contribution in [3.8, 4) is 0 Å². The Labute approximate surface area is 136 Å². The van der Waals surface area contributed by atoms with Crippen molar-refractivity contribution in [1.29, 1.82) is 0 Å². The standard InChI is InChI=1S/C16H23NO3S2/c18-16(8-11-22(19,20)14-4-1-2-5-14)17-9-3-6-15(17)13-7-10-21-12-13/h7,10,12,14-15H,1-6,8-9,11H2/t15-/m1/s1. The second-order valence-electron chi connectivity index (χ2n) is 6.33. The largest absolute Gasteiger partial charge is 0.336 e. The molecule has 4 nitrogen and oxygen atoms in total. The van der Waals surface area contributed by atoms with Crippen molar-refractivity contribution in [2.75, 3.05) is 12.3 Å². The summed E-state index contributed by atoms with van der Waals surface area (Å²) < 4.78 is 24.6. The summed E-state index contributed by atoms with van der Waals surface area (Å²) in [7, 11) is -3.10. The number of amides is 1. The van der Waals surface area contributed by atoms with Crippen LogP contribution in [-0.2, 0) is 14.6 Å². The molecule has 2 fully saturated rings. The number of rotatable bonds is 5. The molecule has 1 aromatic rings. The van der Waals surface area contributed by atoms with Gasteiger partial charge in [0.25, 0.3) is 0 Å². The highest BCUT2D eigenvalue weighted by molar-refractivity contribution is 7.92. The van der Waals surface area contributed by atoms with E-state index < -0.39 is 9.84 Å². The van der Waals surface area contributed by atoms with Crippen LogP contribution >= 0.6 is 11.3 Å². The lowest BCUT2D eigenvalue weighted by Crippen LogP contribution is -2.32. The maximum Gasteiger partial charge on any atom is 0.224 e. The van der Waals surface area contributed by atoms with Gasteiger partial charge in [0.05, 0.1) is 17.0 Å². The molecule has 1 aliphatic carbocycles. The molecule has 0 aromatic carbocycles. The van der Waals surface area contributed by atoms with Gasteiger partial charge in [-0.15, -0.1) is 0 Å². The summed E-state index contributed by atoms with van der Waals surface area (Å²) in [6.07, 6.45) is 5.68. The highest BCUT2D eigenvalue weighted by atomic mass is 32.2. The Bertz CT molecular complexity index is 603. The summed E-state index contributed by atoms with van der Waals surface area (Å²) in [6.45, 7) is 0.753. The second-order valence-corrected chi connectivity index (χ2v) is 9.51. The molecule has 22 heavy (non-hydrogen) atoms. The molecule has 0 spiro atoms. The Hall–Kier alpha value is -0.880. The first kappa shape index (κ1) is 16.0. The molecule has 0 unspecified atom stereocenters. The zero-order valence-corrected chi connectivity index (χ0v) is 14.4. The molecule has 0 radical (unpaired) electrons. The monoisotopic (exact) mass is 341 g/mol. The average Bonchev–Trinajstić information content (AvgIpc) is 3.26. The van der Waals surface area contributed by atoms with Gasteiger partial charge in [-0.2, -0.15) is 11.3 Å². The molecule has 2 aliphatic rings. The van der Waals surface area contributed by atoms with E-state index in [0.717, 1.165) is 45.1 Å². The predicted molar refractivity (Wildman–Crippen MR) is 88.7 cm³/mol. The second kappa shape index (κ2) is 6.71. The third-order valence-electron chi connectivity index (χ3n) is 4.91. The van der Waals surface area contributed by atoms with Crippen LogP contribution in [0.4, 0.5) is 0 Å². The highest BCUT2D eigenvalue weighted by Gasteiger charge is 2.33. The first-order valence-corrected chi connectivity index (χ1v) is 10.8. The first-order valence-electron chi connectivity index (χ1n) is 8.11. The lowest BCUT2D eigenvalue weighted by Gasteiger charge is -2.24. The summed E-state index contributed by atoms with van der Waals surface area (Å²) in [5, 5.41) is 3.92. The molecule has 122 valence electrons. The Balaban J connectivity index is 1.59. The van der Waals surface area contributed by atoms with Gasteiger partial charge in [-0.05, 0) is 48.1 Å². The number of hydrogen-bond donors (Lipinski definition) is 0. The highest BCUT2D eigenvalue weighted by Crippen LogP contribution is 2.33. The number of sulfone groups is 1. The minimum atomic E-state index is -3.10. The molecule has 1 atom stereocenters. The van der Waals surface area contributed by atoms with Gasteiger partial charge < -0.3 is 4.90 Å². The molecular weight excluding hydrogens is 318 g/mol. The normalized spacial score (nSPS) is 23.3. The van der Waals surface area contributed by atoms with E-state index in [9.17, 15) is 13.2 Å². The van der Waals surface area contributed by atoms with E-state index in [-0.39, 0.29) is 29.4 Å². The third kappa shape index (κ3) is 3.38. The first-order chi connectivity index (χ1) is 10.6. The van der Waals surface area contributed by atoms with Crippen LogP contribution in [0.15, 0.2) is 16.8 Å². The van der Waals surface area contributed by atoms with Gasteiger partial charge >= 0.3 is 0 Å². The van der Waals surface area contributed by atoms with Crippen LogP contribution in [-0.4, -0.2) is 36.8 Å². The van der Waals surface area contributed by atoms with Crippen LogP contribution < -0.4 is 0 Å². The van der Waals surface area contributed by atoms with Crippen molar-refractivity contribution in [2.24, 2.45) is 0 Å². The number of thiophene rings is 1. The zero-order chi connectivity index (χ0) is 15.6. The number of carbonyl (C=O) groups is 1. The smallest absolute Gasteiger partial charge is 0.224 e. The SMILES string of the molecule is O=C(CCS(=O)(=O)C1CCCC1)N1CCC[C@@H]1c1ccsc1. The topological polar surface area (TPSA) is 54.5 Å². The Morgan fingerprint density at radius 1 is 1.23 bits per heavy atom. The zero-order valence-electron chi connectivity index (χ0n) is 12.7. The molecule has 1 aromatic heterocycles. The van der Waals surface area contributed by atoms with Gasteiger partial charge in [-0.1, -0.05) is 12.8 Å². The molecule has 1 amide bonds. The van der Waals surface area contributed by atoms with E-state index in [1.807, 2.05) is 10.3 Å². The summed E-state index contributed by atoms with van der Waals surface area (Å²) >= 11 is 1.64. The van der Waals surface area contributed by atoms with Crippen LogP contribution in [0.5, 0.6) is 0 Å². The molecule has 1 saturated carbocycles. The van der Waals surface area contributed by atoms with Crippen molar-refractivity contribution in [1.82, 2.24) is 4.90 Å². The number of carbonyl (C=O) groups excluding carboxylic acids is 1. The van der Waals surface area contributed by atoms with Crippen molar-refractivity contribution >= 4 is 27.1 Å². The maximum atomic E-state index is 12.5. The Morgan fingerprint density at radius 2 is 2.00 bits per heavy atom. The molecular formula is C16H23NO3S2. The summed E-state index contributed by atoms with van der Waals surface area (Å²) in [5.41, 5.74) is 1.19. The number of hydrogen-bond acceptors (Lipinski definition) is 4. The van der Waals surface area contributed by atoms with Crippen LogP contribution in [0.3, 0.4) is 0 Å². The minimum absolute atomic E-state index is 0.00438. The van der Waals surface area contributed by atoms with Gasteiger partial charge in [-0.25, -0.2) is 8.42 Å². The Morgan fingerprint density at radius 3 is 2.68 bits per heavy atom. The molecule has 1 aliphatic heterocycles. The summed E-state index contributed by atoms with van der Waals surface area (Å²) in [4.78, 5) is 14.4. The van der Waals surface area contributed by atoms with E-state index in [2.05, 4.69) is 11.4 Å². The molecule has 0 bridgehead atoms. The predicted octanol–water partition coefficient (Wildman–Crippen LogP) is 3.16. The van der Waals surface area contributed by atoms with E-state index in [1.165, 1.54) is 5.56 Å². The third-order valence-corrected chi connectivity index (χ3v) is 7.87. The summed E-state index contributed by atoms with van der Waals surface area (Å²) in [6, 6.07) is 2.21. The maximum absolute atomic E-state index is 12.5. The van der Waals surface area contributed by atoms with Crippen molar-refractivity contribution in [2.45, 2.75) is 56.2 Å². The van der Waals surface area contributed by atoms with Crippen molar-refractivity contribution in [3.63, 3.8) is 0 Å². The van der Waals surface area contributed by atoms with E-state index in [1.54, 1.807) is 11.3 Å². The molecule has 6 heteroatoms. The summed E-state index contributed by atoms with van der Waals surface area (Å²) in [5.74, 6) is 0.0128. The molecule has 0 N–H and O–H groups in total. The van der Waals surface area contributed by atoms with Gasteiger partial charge in [-0.3, -0.25) is 4.79 Å². The van der Waals surface area contributed by atoms with E-state index in [0.29, 0.717) is 0 Å². The molecule has 3 rings (SSSR count). The van der Waals surface area contributed by atoms with E-state index in [4.69, 9.17) is 0 Å². The van der Waals surface area contributed by atoms with Crippen molar-refractivity contribution in [3.05, 3.63) is 22.4 Å². The van der Waals surface area contributed by atoms with Crippen LogP contribution in [0, 0.1) is 0 Å². The van der Waals surface area contributed by atoms with Gasteiger partial charge in [0.15, 0.2) is 9.84 Å². The van der Waals surface area contributed by atoms with Gasteiger partial charge in [0, 0.05) is 13.0 Å². The van der Waals surface area contributed by atoms with Crippen LogP contribution in [0.2, 0.25) is 0 Å². The lowest BCUT2D eigenvalue weighted by atomic mass is 10.1. The fourth-order valence-electron chi connectivity index (χ4n) is 3.66. The molecule has 1 saturated heterocycles.